The second-order valence-corrected chi connectivity index (χ2v) is 9.04. The van der Waals surface area contributed by atoms with Gasteiger partial charge in [0, 0.05) is 32.7 Å². The van der Waals surface area contributed by atoms with E-state index >= 15 is 0 Å². The summed E-state index contributed by atoms with van der Waals surface area (Å²) in [6.45, 7) is 10.7. The van der Waals surface area contributed by atoms with Gasteiger partial charge in [-0.3, -0.25) is 4.90 Å². The summed E-state index contributed by atoms with van der Waals surface area (Å²) in [6.07, 6.45) is -0.540. The van der Waals surface area contributed by atoms with Crippen molar-refractivity contribution in [2.75, 3.05) is 46.0 Å². The van der Waals surface area contributed by atoms with Crippen LogP contribution in [-0.4, -0.2) is 56.0 Å². The quantitative estimate of drug-likeness (QED) is 0.466. The lowest BCUT2D eigenvalue weighted by atomic mass is 9.98. The van der Waals surface area contributed by atoms with Crippen molar-refractivity contribution in [3.8, 4) is 16.9 Å². The van der Waals surface area contributed by atoms with Crippen LogP contribution in [0.25, 0.3) is 11.1 Å². The van der Waals surface area contributed by atoms with Crippen molar-refractivity contribution >= 4 is 0 Å². The second-order valence-electron chi connectivity index (χ2n) is 9.04. The third-order valence-corrected chi connectivity index (χ3v) is 6.33. The monoisotopic (exact) mass is 460 g/mol. The van der Waals surface area contributed by atoms with E-state index in [2.05, 4.69) is 72.6 Å². The minimum Gasteiger partial charge on any atom is -0.492 e. The number of nitrogens with zero attached hydrogens (tertiary/aromatic N) is 1. The van der Waals surface area contributed by atoms with E-state index in [9.17, 15) is 5.11 Å². The number of hydrogen-bond donors (Lipinski definition) is 2. The van der Waals surface area contributed by atoms with Gasteiger partial charge in [-0.2, -0.15) is 0 Å². The Bertz CT molecular complexity index is 1050. The number of aryl methyl sites for hydroxylation is 2. The number of nitrogens with one attached hydrogen (secondary N) is 1. The summed E-state index contributed by atoms with van der Waals surface area (Å²) >= 11 is 0. The van der Waals surface area contributed by atoms with Crippen molar-refractivity contribution in [3.05, 3.63) is 89.0 Å². The first-order valence-corrected chi connectivity index (χ1v) is 12.2. The van der Waals surface area contributed by atoms with Crippen molar-refractivity contribution in [1.29, 1.82) is 0 Å². The van der Waals surface area contributed by atoms with Crippen molar-refractivity contribution in [2.24, 2.45) is 0 Å². The molecule has 1 saturated heterocycles. The highest BCUT2D eigenvalue weighted by molar-refractivity contribution is 5.68. The number of morpholine rings is 1. The van der Waals surface area contributed by atoms with E-state index in [1.165, 1.54) is 22.3 Å². The van der Waals surface area contributed by atoms with Crippen LogP contribution in [0.2, 0.25) is 0 Å². The molecule has 3 aromatic rings. The van der Waals surface area contributed by atoms with Crippen LogP contribution < -0.4 is 10.1 Å². The van der Waals surface area contributed by atoms with Crippen molar-refractivity contribution < 1.29 is 14.6 Å². The molecule has 1 fully saturated rings. The maximum Gasteiger partial charge on any atom is 0.119 e. The Kier molecular flexibility index (Phi) is 8.72. The Hall–Kier alpha value is -2.70. The summed E-state index contributed by atoms with van der Waals surface area (Å²) in [6, 6.07) is 22.9. The molecule has 0 bridgehead atoms. The summed E-state index contributed by atoms with van der Waals surface area (Å²) in [4.78, 5) is 2.37. The molecule has 5 nitrogen and oxygen atoms in total. The normalized spacial score (nSPS) is 15.3. The highest BCUT2D eigenvalue weighted by Crippen LogP contribution is 2.28. The first-order chi connectivity index (χ1) is 16.6. The maximum absolute atomic E-state index is 10.6. The average Bonchev–Trinajstić information content (AvgIpc) is 2.85. The molecule has 180 valence electrons. The van der Waals surface area contributed by atoms with Crippen LogP contribution in [0.5, 0.6) is 5.75 Å². The van der Waals surface area contributed by atoms with Crippen LogP contribution in [0.4, 0.5) is 0 Å². The fraction of sp³-hybridized carbons (Fsp3) is 0.379. The van der Waals surface area contributed by atoms with E-state index in [0.717, 1.165) is 56.3 Å². The molecule has 0 spiro atoms. The van der Waals surface area contributed by atoms with Gasteiger partial charge in [-0.05, 0) is 53.8 Å². The van der Waals surface area contributed by atoms with E-state index in [-0.39, 0.29) is 0 Å². The molecule has 1 heterocycles. The Morgan fingerprint density at radius 3 is 2.53 bits per heavy atom. The largest absolute Gasteiger partial charge is 0.492 e. The minimum atomic E-state index is -0.540. The smallest absolute Gasteiger partial charge is 0.119 e. The molecule has 34 heavy (non-hydrogen) atoms. The molecule has 0 saturated carbocycles. The van der Waals surface area contributed by atoms with Gasteiger partial charge < -0.3 is 19.9 Å². The van der Waals surface area contributed by atoms with Gasteiger partial charge in [0.2, 0.25) is 0 Å². The number of aliphatic hydroxyl groups excluding tert-OH is 1. The van der Waals surface area contributed by atoms with Crippen LogP contribution >= 0.6 is 0 Å². The van der Waals surface area contributed by atoms with Gasteiger partial charge in [0.1, 0.15) is 12.4 Å². The summed E-state index contributed by atoms with van der Waals surface area (Å²) in [5, 5.41) is 13.9. The highest BCUT2D eigenvalue weighted by atomic mass is 16.5. The van der Waals surface area contributed by atoms with E-state index < -0.39 is 6.10 Å². The molecule has 0 amide bonds. The maximum atomic E-state index is 10.6. The summed E-state index contributed by atoms with van der Waals surface area (Å²) in [5.41, 5.74) is 6.89. The van der Waals surface area contributed by atoms with Crippen molar-refractivity contribution in [3.63, 3.8) is 0 Å². The van der Waals surface area contributed by atoms with Gasteiger partial charge >= 0.3 is 0 Å². The van der Waals surface area contributed by atoms with Crippen LogP contribution in [0.1, 0.15) is 28.4 Å². The lowest BCUT2D eigenvalue weighted by Gasteiger charge is -2.26. The van der Waals surface area contributed by atoms with Crippen LogP contribution in [0.15, 0.2) is 66.7 Å². The van der Waals surface area contributed by atoms with E-state index in [4.69, 9.17) is 9.47 Å². The zero-order valence-corrected chi connectivity index (χ0v) is 20.3. The molecule has 5 heteroatoms. The Morgan fingerprint density at radius 1 is 1.00 bits per heavy atom. The lowest BCUT2D eigenvalue weighted by molar-refractivity contribution is 0.0322. The molecule has 3 aromatic carbocycles. The molecule has 1 unspecified atom stereocenters. The van der Waals surface area contributed by atoms with Crippen LogP contribution in [-0.2, 0) is 11.3 Å². The Balaban J connectivity index is 1.28. The molecule has 1 aliphatic heterocycles. The van der Waals surface area contributed by atoms with Crippen molar-refractivity contribution in [2.45, 2.75) is 26.5 Å². The topological polar surface area (TPSA) is 54.0 Å². The second kappa shape index (κ2) is 12.1. The molecule has 1 atom stereocenters. The highest BCUT2D eigenvalue weighted by Gasteiger charge is 2.11. The van der Waals surface area contributed by atoms with Gasteiger partial charge in [0.05, 0.1) is 19.3 Å². The van der Waals surface area contributed by atoms with E-state index in [1.807, 2.05) is 18.2 Å². The van der Waals surface area contributed by atoms with Gasteiger partial charge in [0.25, 0.3) is 0 Å². The first-order valence-electron chi connectivity index (χ1n) is 12.2. The predicted molar refractivity (Wildman–Crippen MR) is 137 cm³/mol. The molecular weight excluding hydrogens is 424 g/mol. The minimum absolute atomic E-state index is 0.517. The number of hydrogen-bond acceptors (Lipinski definition) is 5. The van der Waals surface area contributed by atoms with Crippen LogP contribution in [0.3, 0.4) is 0 Å². The average molecular weight is 461 g/mol. The van der Waals surface area contributed by atoms with Gasteiger partial charge in [-0.15, -0.1) is 0 Å². The molecular formula is C29H36N2O3. The first kappa shape index (κ1) is 24.4. The molecule has 0 radical (unpaired) electrons. The molecule has 0 aliphatic carbocycles. The van der Waals surface area contributed by atoms with Crippen molar-refractivity contribution in [1.82, 2.24) is 10.2 Å². The SMILES string of the molecule is Cc1cccc(CNCC(O)c2ccc(-c3ccc(OCCN4CCOCC4)cc3C)cc2)c1. The Labute approximate surface area is 203 Å². The van der Waals surface area contributed by atoms with Crippen LogP contribution in [0, 0.1) is 13.8 Å². The zero-order chi connectivity index (χ0) is 23.8. The number of ether oxygens (including phenoxy) is 2. The zero-order valence-electron chi connectivity index (χ0n) is 20.3. The molecule has 2 N–H and O–H groups in total. The fourth-order valence-electron chi connectivity index (χ4n) is 4.35. The van der Waals surface area contributed by atoms with Gasteiger partial charge in [0.15, 0.2) is 0 Å². The van der Waals surface area contributed by atoms with Gasteiger partial charge in [-0.25, -0.2) is 0 Å². The Morgan fingerprint density at radius 2 is 1.79 bits per heavy atom. The van der Waals surface area contributed by atoms with E-state index in [0.29, 0.717) is 13.2 Å². The number of aliphatic hydroxyl groups is 1. The summed E-state index contributed by atoms with van der Waals surface area (Å²) in [5.74, 6) is 0.904. The molecule has 0 aromatic heterocycles. The molecule has 4 rings (SSSR count). The fourth-order valence-corrected chi connectivity index (χ4v) is 4.35. The summed E-state index contributed by atoms with van der Waals surface area (Å²) < 4.78 is 11.4. The lowest BCUT2D eigenvalue weighted by Crippen LogP contribution is -2.38. The third kappa shape index (κ3) is 6.90. The predicted octanol–water partition coefficient (Wildman–Crippen LogP) is 4.50. The standard InChI is InChI=1S/C29H36N2O3/c1-22-4-3-5-24(18-22)20-30-21-29(32)26-8-6-25(7-9-26)28-11-10-27(19-23(28)2)34-17-14-31-12-15-33-16-13-31/h3-11,18-19,29-30,32H,12-17,20-21H2,1-2H3. The third-order valence-electron chi connectivity index (χ3n) is 6.33. The van der Waals surface area contributed by atoms with E-state index in [1.54, 1.807) is 0 Å². The molecule has 1 aliphatic rings. The number of benzene rings is 3. The van der Waals surface area contributed by atoms with Gasteiger partial charge in [-0.1, -0.05) is 60.2 Å². The summed E-state index contributed by atoms with van der Waals surface area (Å²) in [7, 11) is 0. The number of rotatable bonds is 10.